The van der Waals surface area contributed by atoms with E-state index in [4.69, 9.17) is 42.4 Å². The molecular weight excluding hydrogens is 425 g/mol. The predicted octanol–water partition coefficient (Wildman–Crippen LogP) is 2.76. The lowest BCUT2D eigenvalue weighted by Gasteiger charge is -2.40. The highest BCUT2D eigenvalue weighted by molar-refractivity contribution is 6.41. The lowest BCUT2D eigenvalue weighted by atomic mass is 10.0. The van der Waals surface area contributed by atoms with Gasteiger partial charge in [-0.1, -0.05) is 29.3 Å². The van der Waals surface area contributed by atoms with Crippen LogP contribution in [0, 0.1) is 0 Å². The Labute approximate surface area is 186 Å². The molecule has 2 aromatic rings. The fraction of sp³-hybridized carbons (Fsp3) is 0.409. The lowest BCUT2D eigenvalue weighted by Crippen LogP contribution is -2.55. The Hall–Kier alpha value is -2.15. The topological polar surface area (TPSA) is 47.1 Å². The smallest absolute Gasteiger partial charge is 0.141 e. The van der Waals surface area contributed by atoms with Crippen molar-refractivity contribution < 1.29 is 14.2 Å². The number of rotatable bonds is 5. The number of methoxy groups -OCH3 is 3. The van der Waals surface area contributed by atoms with Crippen LogP contribution < -0.4 is 24.8 Å². The Balaban J connectivity index is 1.97. The Morgan fingerprint density at radius 1 is 1.03 bits per heavy atom. The van der Waals surface area contributed by atoms with E-state index < -0.39 is 0 Å². The van der Waals surface area contributed by atoms with E-state index in [0.29, 0.717) is 32.8 Å². The number of pyridine rings is 1. The van der Waals surface area contributed by atoms with Crippen molar-refractivity contribution in [3.8, 4) is 22.8 Å². The maximum atomic E-state index is 6.67. The largest absolute Gasteiger partial charge is 0.495 e. The van der Waals surface area contributed by atoms with Gasteiger partial charge in [-0.15, -0.1) is 0 Å². The third-order valence-corrected chi connectivity index (χ3v) is 6.52. The Morgan fingerprint density at radius 3 is 2.23 bits per heavy atom. The van der Waals surface area contributed by atoms with Crippen molar-refractivity contribution in [3.63, 3.8) is 0 Å². The summed E-state index contributed by atoms with van der Waals surface area (Å²) < 4.78 is 16.3. The van der Waals surface area contributed by atoms with Crippen LogP contribution in [0.15, 0.2) is 12.1 Å². The molecule has 30 heavy (non-hydrogen) atoms. The number of fused-ring (bicyclic) bond motifs is 1. The van der Waals surface area contributed by atoms with Crippen molar-refractivity contribution in [2.45, 2.75) is 19.1 Å². The van der Waals surface area contributed by atoms with Crippen LogP contribution in [-0.4, -0.2) is 63.5 Å². The van der Waals surface area contributed by atoms with Gasteiger partial charge in [0.15, 0.2) is 0 Å². The normalized spacial score (nSPS) is 18.3. The molecule has 0 bridgehead atoms. The molecule has 4 rings (SSSR count). The fourth-order valence-electron chi connectivity index (χ4n) is 3.77. The van der Waals surface area contributed by atoms with Gasteiger partial charge < -0.3 is 24.0 Å². The SMILES string of the molecule is COc1cc(OC)c(Cl)c(-c2cc3c(c(N4CC(OC)C4)n2)=CC(C)N(C)C=3)c1Cl. The monoisotopic (exact) mass is 449 g/mol. The van der Waals surface area contributed by atoms with Gasteiger partial charge in [-0.3, -0.25) is 0 Å². The molecule has 0 radical (unpaired) electrons. The second-order valence-electron chi connectivity index (χ2n) is 7.58. The molecule has 160 valence electrons. The number of hydrogen-bond acceptors (Lipinski definition) is 6. The molecule has 0 N–H and O–H groups in total. The summed E-state index contributed by atoms with van der Waals surface area (Å²) in [7, 11) is 6.92. The predicted molar refractivity (Wildman–Crippen MR) is 121 cm³/mol. The Kier molecular flexibility index (Phi) is 5.75. The number of nitrogens with zero attached hydrogens (tertiary/aromatic N) is 3. The molecule has 8 heteroatoms. The molecule has 1 aromatic carbocycles. The second kappa shape index (κ2) is 8.17. The van der Waals surface area contributed by atoms with E-state index in [1.165, 1.54) is 0 Å². The van der Waals surface area contributed by atoms with Crippen molar-refractivity contribution >= 4 is 41.3 Å². The molecule has 0 amide bonds. The zero-order valence-corrected chi connectivity index (χ0v) is 19.2. The zero-order valence-electron chi connectivity index (χ0n) is 17.7. The maximum absolute atomic E-state index is 6.67. The van der Waals surface area contributed by atoms with E-state index in [9.17, 15) is 0 Å². The quantitative estimate of drug-likeness (QED) is 0.699. The third-order valence-electron chi connectivity index (χ3n) is 5.77. The van der Waals surface area contributed by atoms with E-state index in [2.05, 4.69) is 36.0 Å². The first kappa shape index (κ1) is 21.1. The minimum atomic E-state index is 0.211. The molecule has 1 aromatic heterocycles. The van der Waals surface area contributed by atoms with Gasteiger partial charge >= 0.3 is 0 Å². The van der Waals surface area contributed by atoms with Crippen molar-refractivity contribution in [2.24, 2.45) is 0 Å². The van der Waals surface area contributed by atoms with Gasteiger partial charge in [0.05, 0.1) is 36.1 Å². The summed E-state index contributed by atoms with van der Waals surface area (Å²) in [5.41, 5.74) is 1.27. The van der Waals surface area contributed by atoms with E-state index >= 15 is 0 Å². The van der Waals surface area contributed by atoms with Crippen LogP contribution in [0.1, 0.15) is 6.92 Å². The number of ether oxygens (including phenoxy) is 3. The van der Waals surface area contributed by atoms with Crippen molar-refractivity contribution in [1.82, 2.24) is 9.88 Å². The van der Waals surface area contributed by atoms with Crippen LogP contribution in [0.4, 0.5) is 5.82 Å². The molecule has 1 unspecified atom stereocenters. The summed E-state index contributed by atoms with van der Waals surface area (Å²) in [6.45, 7) is 3.74. The number of aromatic nitrogens is 1. The van der Waals surface area contributed by atoms with Crippen LogP contribution in [0.25, 0.3) is 23.5 Å². The second-order valence-corrected chi connectivity index (χ2v) is 8.34. The van der Waals surface area contributed by atoms with E-state index in [-0.39, 0.29) is 12.1 Å². The van der Waals surface area contributed by atoms with Gasteiger partial charge in [0.25, 0.3) is 0 Å². The van der Waals surface area contributed by atoms with Gasteiger partial charge in [0, 0.05) is 61.6 Å². The maximum Gasteiger partial charge on any atom is 0.141 e. The van der Waals surface area contributed by atoms with Crippen molar-refractivity contribution in [2.75, 3.05) is 46.4 Å². The van der Waals surface area contributed by atoms with Crippen LogP contribution in [-0.2, 0) is 4.74 Å². The average Bonchev–Trinajstić information content (AvgIpc) is 2.69. The van der Waals surface area contributed by atoms with Gasteiger partial charge in [-0.25, -0.2) is 4.98 Å². The summed E-state index contributed by atoms with van der Waals surface area (Å²) in [6, 6.07) is 3.96. The van der Waals surface area contributed by atoms with E-state index in [1.54, 1.807) is 27.4 Å². The Morgan fingerprint density at radius 2 is 1.67 bits per heavy atom. The molecular formula is C22H25Cl2N3O3. The summed E-state index contributed by atoms with van der Waals surface area (Å²) in [4.78, 5) is 9.39. The first-order valence-electron chi connectivity index (χ1n) is 9.72. The minimum Gasteiger partial charge on any atom is -0.495 e. The van der Waals surface area contributed by atoms with Crippen molar-refractivity contribution in [1.29, 1.82) is 0 Å². The summed E-state index contributed by atoms with van der Waals surface area (Å²) in [6.07, 6.45) is 4.57. The third kappa shape index (κ3) is 3.47. The highest BCUT2D eigenvalue weighted by Crippen LogP contribution is 2.45. The molecule has 1 atom stereocenters. The molecule has 0 saturated carbocycles. The van der Waals surface area contributed by atoms with Crippen LogP contribution in [0.2, 0.25) is 10.0 Å². The molecule has 1 fully saturated rings. The van der Waals surface area contributed by atoms with Crippen LogP contribution >= 0.6 is 23.2 Å². The summed E-state index contributed by atoms with van der Waals surface area (Å²) >= 11 is 13.3. The van der Waals surface area contributed by atoms with Gasteiger partial charge in [-0.05, 0) is 13.0 Å². The minimum absolute atomic E-state index is 0.211. The number of halogens is 2. The summed E-state index contributed by atoms with van der Waals surface area (Å²) in [5, 5.41) is 2.98. The Bertz CT molecular complexity index is 1070. The molecule has 2 aliphatic heterocycles. The molecule has 2 aliphatic rings. The van der Waals surface area contributed by atoms with E-state index in [1.807, 2.05) is 6.07 Å². The first-order valence-corrected chi connectivity index (χ1v) is 10.5. The zero-order chi connectivity index (χ0) is 21.6. The fourth-order valence-corrected chi connectivity index (χ4v) is 4.47. The highest BCUT2D eigenvalue weighted by atomic mass is 35.5. The molecule has 6 nitrogen and oxygen atoms in total. The number of hydrogen-bond donors (Lipinski definition) is 0. The lowest BCUT2D eigenvalue weighted by molar-refractivity contribution is 0.0782. The van der Waals surface area contributed by atoms with Crippen LogP contribution in [0.5, 0.6) is 11.5 Å². The molecule has 0 aliphatic carbocycles. The average molecular weight is 450 g/mol. The molecule has 1 saturated heterocycles. The summed E-state index contributed by atoms with van der Waals surface area (Å²) in [5.74, 6) is 1.87. The van der Waals surface area contributed by atoms with E-state index in [0.717, 1.165) is 29.3 Å². The van der Waals surface area contributed by atoms with Gasteiger partial charge in [0.2, 0.25) is 0 Å². The number of anilines is 1. The van der Waals surface area contributed by atoms with Gasteiger partial charge in [-0.2, -0.15) is 0 Å². The molecule has 3 heterocycles. The van der Waals surface area contributed by atoms with Crippen LogP contribution in [0.3, 0.4) is 0 Å². The molecule has 0 spiro atoms. The first-order chi connectivity index (χ1) is 14.4. The number of benzene rings is 1. The highest BCUT2D eigenvalue weighted by Gasteiger charge is 2.30. The standard InChI is InChI=1S/C22H25Cl2N3O3/c1-12-6-15-13(9-26(12)2)7-16(25-22(15)27-10-14(11-27)28-3)19-20(23)17(29-4)8-18(30-5)21(19)24/h6-9,12,14H,10-11H2,1-5H3. The van der Waals surface area contributed by atoms with Gasteiger partial charge in [0.1, 0.15) is 17.3 Å². The van der Waals surface area contributed by atoms with Crippen molar-refractivity contribution in [3.05, 3.63) is 32.6 Å².